The number of nitrogen functional groups attached to an aromatic ring is 1. The van der Waals surface area contributed by atoms with Crippen molar-refractivity contribution in [3.05, 3.63) is 17.7 Å². The maximum atomic E-state index is 10.5. The van der Waals surface area contributed by atoms with Crippen LogP contribution >= 0.6 is 0 Å². The first-order valence-corrected chi connectivity index (χ1v) is 6.58. The van der Waals surface area contributed by atoms with Crippen molar-refractivity contribution in [3.63, 3.8) is 0 Å². The van der Waals surface area contributed by atoms with E-state index in [0.29, 0.717) is 30.2 Å². The second-order valence-electron chi connectivity index (χ2n) is 5.69. The Morgan fingerprint density at radius 3 is 2.50 bits per heavy atom. The van der Waals surface area contributed by atoms with Crippen LogP contribution in [-0.2, 0) is 10.2 Å². The summed E-state index contributed by atoms with van der Waals surface area (Å²) < 4.78 is 10.9. The molecule has 0 aliphatic rings. The fourth-order valence-electron chi connectivity index (χ4n) is 2.05. The van der Waals surface area contributed by atoms with E-state index in [1.165, 1.54) is 0 Å². The first-order chi connectivity index (χ1) is 9.25. The van der Waals surface area contributed by atoms with Gasteiger partial charge < -0.3 is 20.3 Å². The molecule has 0 saturated heterocycles. The van der Waals surface area contributed by atoms with Gasteiger partial charge in [0.05, 0.1) is 13.7 Å². The van der Waals surface area contributed by atoms with Crippen molar-refractivity contribution in [2.75, 3.05) is 19.5 Å². The van der Waals surface area contributed by atoms with Crippen LogP contribution in [0.25, 0.3) is 0 Å². The number of carbonyl (C=O) groups is 1. The zero-order chi connectivity index (χ0) is 15.3. The summed E-state index contributed by atoms with van der Waals surface area (Å²) in [5.74, 6) is 0.457. The minimum atomic E-state index is -0.824. The Morgan fingerprint density at radius 1 is 1.35 bits per heavy atom. The highest BCUT2D eigenvalue weighted by molar-refractivity contribution is 5.66. The number of hydrogen-bond acceptors (Lipinski definition) is 4. The number of carboxylic acids is 1. The fraction of sp³-hybridized carbons (Fsp3) is 0.533. The molecule has 0 spiro atoms. The molecule has 112 valence electrons. The van der Waals surface area contributed by atoms with Crippen LogP contribution in [0.5, 0.6) is 11.5 Å². The zero-order valence-electron chi connectivity index (χ0n) is 12.5. The number of hydrogen-bond donors (Lipinski definition) is 2. The average Bonchev–Trinajstić information content (AvgIpc) is 2.31. The molecule has 0 unspecified atom stereocenters. The number of benzene rings is 1. The maximum Gasteiger partial charge on any atom is 0.303 e. The summed E-state index contributed by atoms with van der Waals surface area (Å²) in [4.78, 5) is 10.5. The number of aliphatic carboxylic acids is 1. The number of anilines is 1. The van der Waals surface area contributed by atoms with E-state index in [1.807, 2.05) is 0 Å². The predicted molar refractivity (Wildman–Crippen MR) is 78.5 cm³/mol. The Labute approximate surface area is 119 Å². The third-order valence-electron chi connectivity index (χ3n) is 2.88. The molecule has 1 aromatic carbocycles. The number of carboxylic acid groups (broad SMARTS) is 1. The van der Waals surface area contributed by atoms with E-state index in [2.05, 4.69) is 20.8 Å². The number of rotatable bonds is 6. The van der Waals surface area contributed by atoms with E-state index >= 15 is 0 Å². The van der Waals surface area contributed by atoms with Gasteiger partial charge in [-0.1, -0.05) is 20.8 Å². The molecule has 0 radical (unpaired) electrons. The van der Waals surface area contributed by atoms with Crippen LogP contribution < -0.4 is 15.2 Å². The van der Waals surface area contributed by atoms with Crippen LogP contribution in [0.2, 0.25) is 0 Å². The highest BCUT2D eigenvalue weighted by atomic mass is 16.5. The van der Waals surface area contributed by atoms with Gasteiger partial charge in [0.2, 0.25) is 0 Å². The first kappa shape index (κ1) is 16.1. The SMILES string of the molecule is COc1cc(N)c(C(C)(C)C)c(OCCCC(=O)O)c1. The standard InChI is InChI=1S/C15H23NO4/c1-15(2,3)14-11(16)8-10(19-4)9-12(14)20-7-5-6-13(17)18/h8-9H,5-7,16H2,1-4H3,(H,17,18). The third-order valence-corrected chi connectivity index (χ3v) is 2.88. The van der Waals surface area contributed by atoms with E-state index in [9.17, 15) is 4.79 Å². The van der Waals surface area contributed by atoms with Crippen LogP contribution in [0.15, 0.2) is 12.1 Å². The summed E-state index contributed by atoms with van der Waals surface area (Å²) in [6.07, 6.45) is 0.542. The van der Waals surface area contributed by atoms with Gasteiger partial charge >= 0.3 is 5.97 Å². The van der Waals surface area contributed by atoms with Gasteiger partial charge in [0, 0.05) is 29.8 Å². The first-order valence-electron chi connectivity index (χ1n) is 6.58. The Balaban J connectivity index is 2.96. The van der Waals surface area contributed by atoms with Gasteiger partial charge in [0.25, 0.3) is 0 Å². The van der Waals surface area contributed by atoms with Crippen molar-refractivity contribution < 1.29 is 19.4 Å². The van der Waals surface area contributed by atoms with Gasteiger partial charge in [-0.15, -0.1) is 0 Å². The molecular weight excluding hydrogens is 258 g/mol. The minimum absolute atomic E-state index is 0.0876. The number of methoxy groups -OCH3 is 1. The molecule has 0 amide bonds. The molecular formula is C15H23NO4. The van der Waals surface area contributed by atoms with E-state index in [-0.39, 0.29) is 11.8 Å². The summed E-state index contributed by atoms with van der Waals surface area (Å²) in [5, 5.41) is 8.63. The van der Waals surface area contributed by atoms with Crippen molar-refractivity contribution >= 4 is 11.7 Å². The largest absolute Gasteiger partial charge is 0.497 e. The van der Waals surface area contributed by atoms with Gasteiger partial charge in [0.15, 0.2) is 0 Å². The molecule has 1 rings (SSSR count). The second kappa shape index (κ2) is 6.50. The molecule has 0 aliphatic heterocycles. The number of ether oxygens (including phenoxy) is 2. The lowest BCUT2D eigenvalue weighted by molar-refractivity contribution is -0.137. The highest BCUT2D eigenvalue weighted by Crippen LogP contribution is 2.39. The number of nitrogens with two attached hydrogens (primary N) is 1. The highest BCUT2D eigenvalue weighted by Gasteiger charge is 2.23. The maximum absolute atomic E-state index is 10.5. The molecule has 1 aromatic rings. The molecule has 0 fully saturated rings. The van der Waals surface area contributed by atoms with E-state index in [4.69, 9.17) is 20.3 Å². The summed E-state index contributed by atoms with van der Waals surface area (Å²) in [7, 11) is 1.57. The van der Waals surface area contributed by atoms with Crippen LogP contribution in [0.4, 0.5) is 5.69 Å². The molecule has 0 saturated carbocycles. The second-order valence-corrected chi connectivity index (χ2v) is 5.69. The Morgan fingerprint density at radius 2 is 2.00 bits per heavy atom. The van der Waals surface area contributed by atoms with Crippen LogP contribution in [0, 0.1) is 0 Å². The Bertz CT molecular complexity index is 477. The topological polar surface area (TPSA) is 81.8 Å². The molecule has 5 nitrogen and oxygen atoms in total. The Hall–Kier alpha value is -1.91. The van der Waals surface area contributed by atoms with E-state index in [1.54, 1.807) is 19.2 Å². The molecule has 20 heavy (non-hydrogen) atoms. The molecule has 0 atom stereocenters. The summed E-state index contributed by atoms with van der Waals surface area (Å²) >= 11 is 0. The lowest BCUT2D eigenvalue weighted by Gasteiger charge is -2.25. The lowest BCUT2D eigenvalue weighted by atomic mass is 9.85. The van der Waals surface area contributed by atoms with E-state index < -0.39 is 5.97 Å². The molecule has 3 N–H and O–H groups in total. The quantitative estimate of drug-likeness (QED) is 0.619. The molecule has 5 heteroatoms. The van der Waals surface area contributed by atoms with Crippen molar-refractivity contribution in [1.29, 1.82) is 0 Å². The van der Waals surface area contributed by atoms with Gasteiger partial charge in [0.1, 0.15) is 11.5 Å². The summed E-state index contributed by atoms with van der Waals surface area (Å²) in [6.45, 7) is 6.49. The molecule has 0 aliphatic carbocycles. The van der Waals surface area contributed by atoms with Crippen LogP contribution in [-0.4, -0.2) is 24.8 Å². The molecule has 0 bridgehead atoms. The van der Waals surface area contributed by atoms with Gasteiger partial charge in [-0.25, -0.2) is 0 Å². The summed E-state index contributed by atoms with van der Waals surface area (Å²) in [6, 6.07) is 3.56. The minimum Gasteiger partial charge on any atom is -0.497 e. The Kier molecular flexibility index (Phi) is 5.25. The lowest BCUT2D eigenvalue weighted by Crippen LogP contribution is -2.17. The normalized spacial score (nSPS) is 11.2. The molecule has 0 aromatic heterocycles. The van der Waals surface area contributed by atoms with Gasteiger partial charge in [-0.05, 0) is 11.8 Å². The van der Waals surface area contributed by atoms with Gasteiger partial charge in [-0.2, -0.15) is 0 Å². The average molecular weight is 281 g/mol. The fourth-order valence-corrected chi connectivity index (χ4v) is 2.05. The van der Waals surface area contributed by atoms with Crippen LogP contribution in [0.3, 0.4) is 0 Å². The van der Waals surface area contributed by atoms with Crippen molar-refractivity contribution in [2.45, 2.75) is 39.0 Å². The third kappa shape index (κ3) is 4.33. The van der Waals surface area contributed by atoms with Crippen LogP contribution in [0.1, 0.15) is 39.2 Å². The van der Waals surface area contributed by atoms with Gasteiger partial charge in [-0.3, -0.25) is 4.79 Å². The van der Waals surface area contributed by atoms with Crippen molar-refractivity contribution in [2.24, 2.45) is 0 Å². The van der Waals surface area contributed by atoms with Crippen molar-refractivity contribution in [1.82, 2.24) is 0 Å². The van der Waals surface area contributed by atoms with Crippen molar-refractivity contribution in [3.8, 4) is 11.5 Å². The predicted octanol–water partition coefficient (Wildman–Crippen LogP) is 2.82. The zero-order valence-corrected chi connectivity index (χ0v) is 12.5. The summed E-state index contributed by atoms with van der Waals surface area (Å²) in [5.41, 5.74) is 7.44. The smallest absolute Gasteiger partial charge is 0.303 e. The van der Waals surface area contributed by atoms with E-state index in [0.717, 1.165) is 5.56 Å². The molecule has 0 heterocycles. The monoisotopic (exact) mass is 281 g/mol.